The Hall–Kier alpha value is -1.02. The average Bonchev–Trinajstić information content (AvgIpc) is 2.28. The zero-order valence-corrected chi connectivity index (χ0v) is 11.5. The number of benzene rings is 1. The topological polar surface area (TPSA) is 18.5 Å². The van der Waals surface area contributed by atoms with Crippen molar-refractivity contribution in [3.05, 3.63) is 29.3 Å². The quantitative estimate of drug-likeness (QED) is 0.671. The van der Waals surface area contributed by atoms with E-state index in [9.17, 15) is 0 Å². The second kappa shape index (κ2) is 7.33. The van der Waals surface area contributed by atoms with Gasteiger partial charge in [0.25, 0.3) is 0 Å². The van der Waals surface area contributed by atoms with Gasteiger partial charge in [0.15, 0.2) is 0 Å². The first-order valence-corrected chi connectivity index (χ1v) is 6.38. The second-order valence-corrected chi connectivity index (χ2v) is 4.84. The van der Waals surface area contributed by atoms with Crippen LogP contribution in [0.1, 0.15) is 31.4 Å². The summed E-state index contributed by atoms with van der Waals surface area (Å²) in [7, 11) is 0. The van der Waals surface area contributed by atoms with Crippen LogP contribution in [0.2, 0.25) is 0 Å². The first-order valence-electron chi connectivity index (χ1n) is 6.38. The lowest BCUT2D eigenvalue weighted by Gasteiger charge is -2.11. The van der Waals surface area contributed by atoms with Crippen molar-refractivity contribution in [1.82, 2.24) is 0 Å². The van der Waals surface area contributed by atoms with Gasteiger partial charge in [-0.2, -0.15) is 0 Å². The molecule has 1 aromatic rings. The molecule has 0 atom stereocenters. The highest BCUT2D eigenvalue weighted by molar-refractivity contribution is 5.38. The van der Waals surface area contributed by atoms with Crippen molar-refractivity contribution in [2.45, 2.75) is 34.1 Å². The van der Waals surface area contributed by atoms with E-state index in [1.165, 1.54) is 11.1 Å². The van der Waals surface area contributed by atoms with Crippen molar-refractivity contribution in [1.29, 1.82) is 0 Å². The number of hydrogen-bond acceptors (Lipinski definition) is 2. The fourth-order valence-corrected chi connectivity index (χ4v) is 1.51. The fraction of sp³-hybridized carbons (Fsp3) is 0.600. The normalized spacial score (nSPS) is 10.9. The third kappa shape index (κ3) is 5.22. The molecule has 0 N–H and O–H groups in total. The third-order valence-electron chi connectivity index (χ3n) is 2.88. The molecule has 0 radical (unpaired) electrons. The van der Waals surface area contributed by atoms with Crippen LogP contribution in [0.5, 0.6) is 5.75 Å². The van der Waals surface area contributed by atoms with Crippen LogP contribution in [0.25, 0.3) is 0 Å². The molecule has 2 nitrogen and oxygen atoms in total. The van der Waals surface area contributed by atoms with E-state index < -0.39 is 0 Å². The van der Waals surface area contributed by atoms with Crippen LogP contribution in [0.3, 0.4) is 0 Å². The van der Waals surface area contributed by atoms with Crippen LogP contribution in [0.15, 0.2) is 18.2 Å². The highest BCUT2D eigenvalue weighted by Gasteiger charge is 2.01. The molecule has 17 heavy (non-hydrogen) atoms. The molecule has 0 saturated carbocycles. The van der Waals surface area contributed by atoms with Crippen LogP contribution in [0, 0.1) is 19.8 Å². The molecule has 0 heterocycles. The summed E-state index contributed by atoms with van der Waals surface area (Å²) in [6, 6.07) is 6.13. The summed E-state index contributed by atoms with van der Waals surface area (Å²) in [5.74, 6) is 1.67. The summed E-state index contributed by atoms with van der Waals surface area (Å²) in [4.78, 5) is 0. The van der Waals surface area contributed by atoms with E-state index in [-0.39, 0.29) is 0 Å². The predicted molar refractivity (Wildman–Crippen MR) is 71.7 cm³/mol. The van der Waals surface area contributed by atoms with E-state index >= 15 is 0 Å². The zero-order chi connectivity index (χ0) is 12.7. The van der Waals surface area contributed by atoms with Gasteiger partial charge in [-0.25, -0.2) is 0 Å². The first kappa shape index (κ1) is 14.0. The van der Waals surface area contributed by atoms with Crippen LogP contribution in [-0.4, -0.2) is 19.8 Å². The molecule has 0 unspecified atom stereocenters. The number of rotatable bonds is 7. The lowest BCUT2D eigenvalue weighted by molar-refractivity contribution is 0.0923. The Morgan fingerprint density at radius 1 is 1.06 bits per heavy atom. The minimum absolute atomic E-state index is 0.627. The molecular formula is C15H24O2. The lowest BCUT2D eigenvalue weighted by Crippen LogP contribution is -2.09. The minimum Gasteiger partial charge on any atom is -0.491 e. The summed E-state index contributed by atoms with van der Waals surface area (Å²) in [6.07, 6.45) is 1.11. The van der Waals surface area contributed by atoms with Gasteiger partial charge in [0, 0.05) is 6.61 Å². The summed E-state index contributed by atoms with van der Waals surface area (Å²) in [5.41, 5.74) is 2.48. The molecule has 1 rings (SSSR count). The monoisotopic (exact) mass is 236 g/mol. The molecule has 0 aliphatic heterocycles. The van der Waals surface area contributed by atoms with Crippen molar-refractivity contribution in [2.75, 3.05) is 19.8 Å². The number of ether oxygens (including phenoxy) is 2. The molecule has 1 aromatic carbocycles. The maximum Gasteiger partial charge on any atom is 0.122 e. The SMILES string of the molecule is Cc1cccc(OCCOCCC(C)C)c1C. The van der Waals surface area contributed by atoms with Crippen LogP contribution in [0.4, 0.5) is 0 Å². The van der Waals surface area contributed by atoms with Gasteiger partial charge >= 0.3 is 0 Å². The second-order valence-electron chi connectivity index (χ2n) is 4.84. The molecule has 2 heteroatoms. The molecule has 0 saturated heterocycles. The summed E-state index contributed by atoms with van der Waals surface area (Å²) < 4.78 is 11.2. The van der Waals surface area contributed by atoms with E-state index in [1.807, 2.05) is 12.1 Å². The minimum atomic E-state index is 0.627. The van der Waals surface area contributed by atoms with E-state index in [2.05, 4.69) is 33.8 Å². The largest absolute Gasteiger partial charge is 0.491 e. The predicted octanol–water partition coefficient (Wildman–Crippen LogP) is 3.74. The Bertz CT molecular complexity index is 332. The Kier molecular flexibility index (Phi) is 6.06. The van der Waals surface area contributed by atoms with Crippen molar-refractivity contribution in [3.8, 4) is 5.75 Å². The molecule has 0 bridgehead atoms. The van der Waals surface area contributed by atoms with Gasteiger partial charge < -0.3 is 9.47 Å². The Morgan fingerprint density at radius 2 is 1.82 bits per heavy atom. The van der Waals surface area contributed by atoms with Gasteiger partial charge in [-0.3, -0.25) is 0 Å². The first-order chi connectivity index (χ1) is 8.11. The Labute approximate surface area is 105 Å². The smallest absolute Gasteiger partial charge is 0.122 e. The maximum absolute atomic E-state index is 5.70. The van der Waals surface area contributed by atoms with E-state index in [0.717, 1.165) is 18.8 Å². The molecule has 96 valence electrons. The van der Waals surface area contributed by atoms with E-state index in [4.69, 9.17) is 9.47 Å². The van der Waals surface area contributed by atoms with Gasteiger partial charge in [-0.1, -0.05) is 26.0 Å². The highest BCUT2D eigenvalue weighted by atomic mass is 16.5. The molecule has 0 aliphatic rings. The molecule has 0 fully saturated rings. The number of hydrogen-bond donors (Lipinski definition) is 0. The standard InChI is InChI=1S/C15H24O2/c1-12(2)8-9-16-10-11-17-15-7-5-6-13(3)14(15)4/h5-7,12H,8-11H2,1-4H3. The summed E-state index contributed by atoms with van der Waals surface area (Å²) in [5, 5.41) is 0. The molecule has 0 amide bonds. The van der Waals surface area contributed by atoms with Crippen molar-refractivity contribution < 1.29 is 9.47 Å². The maximum atomic E-state index is 5.70. The van der Waals surface area contributed by atoms with Crippen molar-refractivity contribution in [2.24, 2.45) is 5.92 Å². The van der Waals surface area contributed by atoms with E-state index in [1.54, 1.807) is 0 Å². The fourth-order valence-electron chi connectivity index (χ4n) is 1.51. The number of aryl methyl sites for hydroxylation is 1. The van der Waals surface area contributed by atoms with Crippen molar-refractivity contribution in [3.63, 3.8) is 0 Å². The van der Waals surface area contributed by atoms with Gasteiger partial charge in [0.2, 0.25) is 0 Å². The molecule has 0 spiro atoms. The average molecular weight is 236 g/mol. The lowest BCUT2D eigenvalue weighted by atomic mass is 10.1. The van der Waals surface area contributed by atoms with Gasteiger partial charge in [-0.15, -0.1) is 0 Å². The molecule has 0 aromatic heterocycles. The highest BCUT2D eigenvalue weighted by Crippen LogP contribution is 2.20. The molecule has 0 aliphatic carbocycles. The summed E-state index contributed by atoms with van der Waals surface area (Å²) in [6.45, 7) is 10.7. The Morgan fingerprint density at radius 3 is 2.53 bits per heavy atom. The third-order valence-corrected chi connectivity index (χ3v) is 2.88. The van der Waals surface area contributed by atoms with Gasteiger partial charge in [0.1, 0.15) is 12.4 Å². The summed E-state index contributed by atoms with van der Waals surface area (Å²) >= 11 is 0. The molecular weight excluding hydrogens is 212 g/mol. The van der Waals surface area contributed by atoms with Gasteiger partial charge in [-0.05, 0) is 43.4 Å². The van der Waals surface area contributed by atoms with Crippen LogP contribution >= 0.6 is 0 Å². The van der Waals surface area contributed by atoms with Crippen LogP contribution in [-0.2, 0) is 4.74 Å². The van der Waals surface area contributed by atoms with E-state index in [0.29, 0.717) is 19.1 Å². The Balaban J connectivity index is 2.20. The zero-order valence-electron chi connectivity index (χ0n) is 11.5. The van der Waals surface area contributed by atoms with Crippen LogP contribution < -0.4 is 4.74 Å². The van der Waals surface area contributed by atoms with Crippen molar-refractivity contribution >= 4 is 0 Å². The van der Waals surface area contributed by atoms with Gasteiger partial charge in [0.05, 0.1) is 6.61 Å².